The molecule has 0 spiro atoms. The number of amides is 1. The molecule has 2 aromatic heterocycles. The maximum absolute atomic E-state index is 12.4. The highest BCUT2D eigenvalue weighted by atomic mass is 32.2. The number of carbonyl (C=O) groups excluding carboxylic acids is 1. The van der Waals surface area contributed by atoms with Gasteiger partial charge in [0.2, 0.25) is 5.91 Å². The van der Waals surface area contributed by atoms with Gasteiger partial charge in [-0.05, 0) is 55.2 Å². The number of rotatable bonds is 9. The van der Waals surface area contributed by atoms with E-state index < -0.39 is 0 Å². The number of fused-ring (bicyclic) bond motifs is 1. The number of benzene rings is 2. The number of methoxy groups -OCH3 is 1. The van der Waals surface area contributed by atoms with Gasteiger partial charge in [-0.15, -0.1) is 10.2 Å². The lowest BCUT2D eigenvalue weighted by Gasteiger charge is -2.08. The van der Waals surface area contributed by atoms with Gasteiger partial charge in [-0.3, -0.25) is 4.79 Å². The summed E-state index contributed by atoms with van der Waals surface area (Å²) in [6.07, 6.45) is 2.77. The Hall–Kier alpha value is -2.91. The van der Waals surface area contributed by atoms with Crippen molar-refractivity contribution in [1.29, 1.82) is 0 Å². The zero-order chi connectivity index (χ0) is 22.5. The third kappa shape index (κ3) is 5.28. The van der Waals surface area contributed by atoms with Crippen molar-refractivity contribution in [2.75, 3.05) is 18.2 Å². The molecular formula is C23H25N5O2S2. The Kier molecular flexibility index (Phi) is 7.06. The minimum absolute atomic E-state index is 0.103. The highest BCUT2D eigenvalue weighted by Crippen LogP contribution is 2.26. The van der Waals surface area contributed by atoms with Crippen LogP contribution >= 0.6 is 23.1 Å². The zero-order valence-corrected chi connectivity index (χ0v) is 19.9. The van der Waals surface area contributed by atoms with Gasteiger partial charge in [0.15, 0.2) is 10.3 Å². The maximum Gasteiger partial charge on any atom is 0.236 e. The summed E-state index contributed by atoms with van der Waals surface area (Å²) < 4.78 is 8.30. The van der Waals surface area contributed by atoms with E-state index in [4.69, 9.17) is 4.74 Å². The SMILES string of the molecule is COc1ccc(CCCc2nnc(SCC(=O)Nc3nc4ccccc4s3)n2C)c(C)c1. The average Bonchev–Trinajstić information content (AvgIpc) is 3.36. The Balaban J connectivity index is 1.27. The summed E-state index contributed by atoms with van der Waals surface area (Å²) in [4.78, 5) is 16.8. The van der Waals surface area contributed by atoms with Gasteiger partial charge in [-0.25, -0.2) is 4.98 Å². The monoisotopic (exact) mass is 467 g/mol. The van der Waals surface area contributed by atoms with E-state index in [9.17, 15) is 4.79 Å². The van der Waals surface area contributed by atoms with Gasteiger partial charge in [-0.2, -0.15) is 0 Å². The van der Waals surface area contributed by atoms with E-state index >= 15 is 0 Å². The lowest BCUT2D eigenvalue weighted by molar-refractivity contribution is -0.113. The van der Waals surface area contributed by atoms with Crippen LogP contribution in [0.3, 0.4) is 0 Å². The maximum atomic E-state index is 12.4. The standard InChI is InChI=1S/C23H25N5O2S2/c1-15-13-17(30-3)12-11-16(15)7-6-10-20-26-27-23(28(20)2)31-14-21(29)25-22-24-18-8-4-5-9-19(18)32-22/h4-5,8-9,11-13H,6-7,10,14H2,1-3H3,(H,24,25,29). The van der Waals surface area contributed by atoms with E-state index in [0.717, 1.165) is 46.2 Å². The number of nitrogens with zero attached hydrogens (tertiary/aromatic N) is 4. The lowest BCUT2D eigenvalue weighted by Crippen LogP contribution is -2.14. The molecule has 0 aliphatic heterocycles. The van der Waals surface area contributed by atoms with Crippen LogP contribution in [0, 0.1) is 6.92 Å². The van der Waals surface area contributed by atoms with Crippen molar-refractivity contribution in [3.8, 4) is 5.75 Å². The molecule has 4 rings (SSSR count). The first-order valence-corrected chi connectivity index (χ1v) is 12.1. The molecule has 0 aliphatic rings. The number of thioether (sulfide) groups is 1. The fourth-order valence-corrected chi connectivity index (χ4v) is 5.02. The molecule has 32 heavy (non-hydrogen) atoms. The second-order valence-electron chi connectivity index (χ2n) is 7.43. The molecule has 9 heteroatoms. The van der Waals surface area contributed by atoms with Crippen LogP contribution in [0.2, 0.25) is 0 Å². The van der Waals surface area contributed by atoms with Gasteiger partial charge in [0.25, 0.3) is 0 Å². The predicted molar refractivity (Wildman–Crippen MR) is 130 cm³/mol. The largest absolute Gasteiger partial charge is 0.497 e. The van der Waals surface area contributed by atoms with E-state index in [-0.39, 0.29) is 11.7 Å². The van der Waals surface area contributed by atoms with Crippen molar-refractivity contribution < 1.29 is 9.53 Å². The van der Waals surface area contributed by atoms with Crippen LogP contribution in [0.1, 0.15) is 23.4 Å². The van der Waals surface area contributed by atoms with Crippen LogP contribution in [0.25, 0.3) is 10.2 Å². The summed E-state index contributed by atoms with van der Waals surface area (Å²) in [5, 5.41) is 12.8. The number of hydrogen-bond donors (Lipinski definition) is 1. The Morgan fingerprint density at radius 2 is 2.03 bits per heavy atom. The molecule has 0 saturated carbocycles. The molecule has 0 atom stereocenters. The third-order valence-corrected chi connectivity index (χ3v) is 7.17. The van der Waals surface area contributed by atoms with Crippen molar-refractivity contribution in [3.05, 3.63) is 59.4 Å². The van der Waals surface area contributed by atoms with Crippen molar-refractivity contribution >= 4 is 44.4 Å². The molecule has 1 amide bonds. The first kappa shape index (κ1) is 22.3. The highest BCUT2D eigenvalue weighted by molar-refractivity contribution is 7.99. The number of para-hydroxylation sites is 1. The van der Waals surface area contributed by atoms with Gasteiger partial charge in [0, 0.05) is 13.5 Å². The zero-order valence-electron chi connectivity index (χ0n) is 18.3. The van der Waals surface area contributed by atoms with Crippen LogP contribution in [0.4, 0.5) is 5.13 Å². The number of aromatic nitrogens is 4. The Bertz CT molecular complexity index is 1200. The fourth-order valence-electron chi connectivity index (χ4n) is 3.41. The van der Waals surface area contributed by atoms with Crippen LogP contribution < -0.4 is 10.1 Å². The van der Waals surface area contributed by atoms with Crippen molar-refractivity contribution in [2.24, 2.45) is 7.05 Å². The summed E-state index contributed by atoms with van der Waals surface area (Å²) in [6.45, 7) is 2.11. The first-order chi connectivity index (χ1) is 15.5. The van der Waals surface area contributed by atoms with E-state index in [1.807, 2.05) is 41.9 Å². The third-order valence-electron chi connectivity index (χ3n) is 5.19. The smallest absolute Gasteiger partial charge is 0.236 e. The molecule has 2 aromatic carbocycles. The van der Waals surface area contributed by atoms with Gasteiger partial charge < -0.3 is 14.6 Å². The molecule has 0 fully saturated rings. The second-order valence-corrected chi connectivity index (χ2v) is 9.40. The fraction of sp³-hybridized carbons (Fsp3) is 0.304. The van der Waals surface area contributed by atoms with E-state index in [1.54, 1.807) is 7.11 Å². The normalized spacial score (nSPS) is 11.1. The predicted octanol–water partition coefficient (Wildman–Crippen LogP) is 4.65. The van der Waals surface area contributed by atoms with Crippen LogP contribution in [0.15, 0.2) is 47.6 Å². The van der Waals surface area contributed by atoms with Crippen molar-refractivity contribution in [2.45, 2.75) is 31.3 Å². The van der Waals surface area contributed by atoms with E-state index in [1.165, 1.54) is 34.2 Å². The number of thiazole rings is 1. The van der Waals surface area contributed by atoms with E-state index in [2.05, 4.69) is 39.6 Å². The molecular weight excluding hydrogens is 442 g/mol. The number of carbonyl (C=O) groups is 1. The lowest BCUT2D eigenvalue weighted by atomic mass is 10.0. The molecule has 7 nitrogen and oxygen atoms in total. The Labute approximate surface area is 195 Å². The molecule has 0 unspecified atom stereocenters. The van der Waals surface area contributed by atoms with Gasteiger partial charge in [0.1, 0.15) is 11.6 Å². The van der Waals surface area contributed by atoms with Crippen LogP contribution in [0.5, 0.6) is 5.75 Å². The summed E-state index contributed by atoms with van der Waals surface area (Å²) in [5.41, 5.74) is 3.44. The second kappa shape index (κ2) is 10.1. The van der Waals surface area contributed by atoms with Gasteiger partial charge in [0.05, 0.1) is 23.1 Å². The quantitative estimate of drug-likeness (QED) is 0.361. The number of anilines is 1. The molecule has 0 bridgehead atoms. The summed E-state index contributed by atoms with van der Waals surface area (Å²) in [7, 11) is 3.63. The number of ether oxygens (including phenoxy) is 1. The average molecular weight is 468 g/mol. The number of aryl methyl sites for hydroxylation is 3. The molecule has 0 saturated heterocycles. The minimum atomic E-state index is -0.103. The Morgan fingerprint density at radius 3 is 2.81 bits per heavy atom. The molecule has 2 heterocycles. The Morgan fingerprint density at radius 1 is 1.19 bits per heavy atom. The summed E-state index contributed by atoms with van der Waals surface area (Å²) in [5.74, 6) is 1.96. The van der Waals surface area contributed by atoms with Gasteiger partial charge in [-0.1, -0.05) is 41.3 Å². The van der Waals surface area contributed by atoms with Gasteiger partial charge >= 0.3 is 0 Å². The topological polar surface area (TPSA) is 81.9 Å². The molecule has 166 valence electrons. The number of hydrogen-bond acceptors (Lipinski definition) is 7. The summed E-state index contributed by atoms with van der Waals surface area (Å²) >= 11 is 2.85. The van der Waals surface area contributed by atoms with Crippen molar-refractivity contribution in [3.63, 3.8) is 0 Å². The first-order valence-electron chi connectivity index (χ1n) is 10.3. The van der Waals surface area contributed by atoms with E-state index in [0.29, 0.717) is 5.13 Å². The molecule has 1 N–H and O–H groups in total. The molecule has 4 aromatic rings. The highest BCUT2D eigenvalue weighted by Gasteiger charge is 2.13. The number of nitrogens with one attached hydrogen (secondary N) is 1. The molecule has 0 aliphatic carbocycles. The van der Waals surface area contributed by atoms with Crippen molar-refractivity contribution in [1.82, 2.24) is 19.7 Å². The van der Waals surface area contributed by atoms with Crippen LogP contribution in [-0.4, -0.2) is 38.5 Å². The van der Waals surface area contributed by atoms with Crippen LogP contribution in [-0.2, 0) is 24.7 Å². The summed E-state index contributed by atoms with van der Waals surface area (Å²) in [6, 6.07) is 14.0. The molecule has 0 radical (unpaired) electrons. The minimum Gasteiger partial charge on any atom is -0.497 e.